The summed E-state index contributed by atoms with van der Waals surface area (Å²) in [5, 5.41) is 6.79. The van der Waals surface area contributed by atoms with Gasteiger partial charge in [0.05, 0.1) is 17.5 Å². The van der Waals surface area contributed by atoms with Gasteiger partial charge in [-0.15, -0.1) is 0 Å². The van der Waals surface area contributed by atoms with Gasteiger partial charge < -0.3 is 5.32 Å². The number of rotatable bonds is 3. The van der Waals surface area contributed by atoms with Gasteiger partial charge in [-0.1, -0.05) is 18.2 Å². The van der Waals surface area contributed by atoms with Gasteiger partial charge in [0.15, 0.2) is 0 Å². The molecule has 0 bridgehead atoms. The van der Waals surface area contributed by atoms with Crippen LogP contribution in [0.3, 0.4) is 0 Å². The second-order valence-corrected chi connectivity index (χ2v) is 4.68. The Morgan fingerprint density at radius 2 is 1.95 bits per heavy atom. The number of hydrogen-bond acceptors (Lipinski definition) is 3. The van der Waals surface area contributed by atoms with Crippen LogP contribution in [0.1, 0.15) is 16.1 Å². The molecule has 2 aromatic heterocycles. The standard InChI is InChI=1S/C16H13FN4O/c1-11-12(16(22)20-15-8-4-5-9-18-15)10-19-21(11)14-7-3-2-6-13(14)17/h2-10H,1H3,(H,18,20,22). The lowest BCUT2D eigenvalue weighted by molar-refractivity contribution is 0.102. The van der Waals surface area contributed by atoms with Gasteiger partial charge >= 0.3 is 0 Å². The lowest BCUT2D eigenvalue weighted by Crippen LogP contribution is -2.14. The number of aromatic nitrogens is 3. The van der Waals surface area contributed by atoms with Crippen LogP contribution in [0.25, 0.3) is 5.69 Å². The zero-order valence-electron chi connectivity index (χ0n) is 11.8. The summed E-state index contributed by atoms with van der Waals surface area (Å²) in [6, 6.07) is 11.5. The molecule has 3 aromatic rings. The van der Waals surface area contributed by atoms with E-state index in [0.717, 1.165) is 0 Å². The van der Waals surface area contributed by atoms with Crippen LogP contribution in [0.4, 0.5) is 10.2 Å². The summed E-state index contributed by atoms with van der Waals surface area (Å²) in [6.45, 7) is 1.72. The highest BCUT2D eigenvalue weighted by molar-refractivity contribution is 6.04. The second-order valence-electron chi connectivity index (χ2n) is 4.68. The van der Waals surface area contributed by atoms with Crippen molar-refractivity contribution >= 4 is 11.7 Å². The third-order valence-corrected chi connectivity index (χ3v) is 3.24. The van der Waals surface area contributed by atoms with Gasteiger partial charge in [0.25, 0.3) is 5.91 Å². The van der Waals surface area contributed by atoms with Crippen LogP contribution in [0.2, 0.25) is 0 Å². The molecular formula is C16H13FN4O. The zero-order chi connectivity index (χ0) is 15.5. The fraction of sp³-hybridized carbons (Fsp3) is 0.0625. The van der Waals surface area contributed by atoms with E-state index in [1.54, 1.807) is 49.5 Å². The Bertz CT molecular complexity index is 814. The number of anilines is 1. The molecule has 1 amide bonds. The van der Waals surface area contributed by atoms with Gasteiger partial charge in [-0.2, -0.15) is 5.10 Å². The van der Waals surface area contributed by atoms with Gasteiger partial charge in [0, 0.05) is 6.20 Å². The molecule has 0 unspecified atom stereocenters. The molecule has 1 aromatic carbocycles. The van der Waals surface area contributed by atoms with Gasteiger partial charge in [0.1, 0.15) is 17.3 Å². The number of hydrogen-bond donors (Lipinski definition) is 1. The predicted molar refractivity (Wildman–Crippen MR) is 80.4 cm³/mol. The van der Waals surface area contributed by atoms with Crippen LogP contribution in [0, 0.1) is 12.7 Å². The molecule has 0 saturated heterocycles. The van der Waals surface area contributed by atoms with Crippen molar-refractivity contribution in [1.29, 1.82) is 0 Å². The lowest BCUT2D eigenvalue weighted by Gasteiger charge is -2.07. The molecule has 0 radical (unpaired) electrons. The molecule has 6 heteroatoms. The van der Waals surface area contributed by atoms with E-state index in [1.165, 1.54) is 16.9 Å². The van der Waals surface area contributed by atoms with Gasteiger partial charge in [-0.05, 0) is 31.2 Å². The highest BCUT2D eigenvalue weighted by Gasteiger charge is 2.17. The van der Waals surface area contributed by atoms with Crippen molar-refractivity contribution in [3.63, 3.8) is 0 Å². The molecule has 0 fully saturated rings. The maximum absolute atomic E-state index is 13.8. The maximum atomic E-state index is 13.8. The van der Waals surface area contributed by atoms with Crippen LogP contribution in [-0.4, -0.2) is 20.7 Å². The van der Waals surface area contributed by atoms with Crippen molar-refractivity contribution in [2.75, 3.05) is 5.32 Å². The normalized spacial score (nSPS) is 10.5. The summed E-state index contributed by atoms with van der Waals surface area (Å²) in [7, 11) is 0. The third-order valence-electron chi connectivity index (χ3n) is 3.24. The lowest BCUT2D eigenvalue weighted by atomic mass is 10.2. The number of para-hydroxylation sites is 1. The zero-order valence-corrected chi connectivity index (χ0v) is 11.8. The molecule has 0 spiro atoms. The van der Waals surface area contributed by atoms with E-state index < -0.39 is 5.82 Å². The number of carbonyl (C=O) groups is 1. The van der Waals surface area contributed by atoms with Gasteiger partial charge in [0.2, 0.25) is 0 Å². The van der Waals surface area contributed by atoms with Crippen LogP contribution >= 0.6 is 0 Å². The van der Waals surface area contributed by atoms with Crippen molar-refractivity contribution in [3.8, 4) is 5.69 Å². The minimum absolute atomic E-state index is 0.303. The second kappa shape index (κ2) is 5.77. The van der Waals surface area contributed by atoms with E-state index in [-0.39, 0.29) is 5.91 Å². The largest absolute Gasteiger partial charge is 0.306 e. The van der Waals surface area contributed by atoms with Crippen molar-refractivity contribution < 1.29 is 9.18 Å². The topological polar surface area (TPSA) is 59.8 Å². The molecule has 0 saturated carbocycles. The Labute approximate surface area is 126 Å². The molecule has 110 valence electrons. The third kappa shape index (κ3) is 2.58. The van der Waals surface area contributed by atoms with E-state index in [0.29, 0.717) is 22.8 Å². The van der Waals surface area contributed by atoms with E-state index in [4.69, 9.17) is 0 Å². The summed E-state index contributed by atoms with van der Waals surface area (Å²) in [5.74, 6) is -0.283. The Morgan fingerprint density at radius 3 is 2.68 bits per heavy atom. The van der Waals surface area contributed by atoms with Crippen LogP contribution in [0.15, 0.2) is 54.9 Å². The van der Waals surface area contributed by atoms with Gasteiger partial charge in [-0.25, -0.2) is 14.1 Å². The van der Waals surface area contributed by atoms with E-state index in [2.05, 4.69) is 15.4 Å². The Hall–Kier alpha value is -3.02. The average Bonchev–Trinajstić information content (AvgIpc) is 2.90. The SMILES string of the molecule is Cc1c(C(=O)Nc2ccccn2)cnn1-c1ccccc1F. The number of benzene rings is 1. The first-order chi connectivity index (χ1) is 10.7. The first-order valence-corrected chi connectivity index (χ1v) is 6.69. The average molecular weight is 296 g/mol. The number of nitrogens with one attached hydrogen (secondary N) is 1. The molecule has 0 aliphatic heterocycles. The minimum Gasteiger partial charge on any atom is -0.306 e. The predicted octanol–water partition coefficient (Wildman–Crippen LogP) is 2.97. The molecule has 0 aliphatic carbocycles. The number of amides is 1. The van der Waals surface area contributed by atoms with Crippen LogP contribution in [-0.2, 0) is 0 Å². The summed E-state index contributed by atoms with van der Waals surface area (Å²) < 4.78 is 15.2. The quantitative estimate of drug-likeness (QED) is 0.808. The summed E-state index contributed by atoms with van der Waals surface area (Å²) in [6.07, 6.45) is 3.01. The molecule has 5 nitrogen and oxygen atoms in total. The number of carbonyl (C=O) groups excluding carboxylic acids is 1. The minimum atomic E-state index is -0.398. The Balaban J connectivity index is 1.91. The fourth-order valence-corrected chi connectivity index (χ4v) is 2.12. The van der Waals surface area contributed by atoms with E-state index >= 15 is 0 Å². The van der Waals surface area contributed by atoms with Crippen molar-refractivity contribution in [3.05, 3.63) is 71.9 Å². The Kier molecular flexibility index (Phi) is 3.65. The molecule has 22 heavy (non-hydrogen) atoms. The van der Waals surface area contributed by atoms with Crippen LogP contribution in [0.5, 0.6) is 0 Å². The molecule has 0 aliphatic rings. The summed E-state index contributed by atoms with van der Waals surface area (Å²) in [4.78, 5) is 16.3. The smallest absolute Gasteiger partial charge is 0.260 e. The monoisotopic (exact) mass is 296 g/mol. The fourth-order valence-electron chi connectivity index (χ4n) is 2.12. The summed E-state index contributed by atoms with van der Waals surface area (Å²) in [5.41, 5.74) is 1.23. The first-order valence-electron chi connectivity index (χ1n) is 6.69. The number of halogens is 1. The maximum Gasteiger partial charge on any atom is 0.260 e. The number of nitrogens with zero attached hydrogens (tertiary/aromatic N) is 3. The van der Waals surface area contributed by atoms with Crippen LogP contribution < -0.4 is 5.32 Å². The molecule has 1 N–H and O–H groups in total. The molecular weight excluding hydrogens is 283 g/mol. The Morgan fingerprint density at radius 1 is 1.18 bits per heavy atom. The van der Waals surface area contributed by atoms with Crippen molar-refractivity contribution in [2.45, 2.75) is 6.92 Å². The van der Waals surface area contributed by atoms with E-state index in [9.17, 15) is 9.18 Å². The highest BCUT2D eigenvalue weighted by atomic mass is 19.1. The first kappa shape index (κ1) is 13.9. The number of pyridine rings is 1. The molecule has 3 rings (SSSR count). The van der Waals surface area contributed by atoms with Crippen molar-refractivity contribution in [2.24, 2.45) is 0 Å². The van der Waals surface area contributed by atoms with E-state index in [1.807, 2.05) is 0 Å². The van der Waals surface area contributed by atoms with Gasteiger partial charge in [-0.3, -0.25) is 4.79 Å². The highest BCUT2D eigenvalue weighted by Crippen LogP contribution is 2.17. The molecule has 0 atom stereocenters. The molecule has 2 heterocycles. The summed E-state index contributed by atoms with van der Waals surface area (Å²) >= 11 is 0. The van der Waals surface area contributed by atoms with Crippen molar-refractivity contribution in [1.82, 2.24) is 14.8 Å².